The van der Waals surface area contributed by atoms with Crippen LogP contribution in [-0.2, 0) is 8.85 Å². The van der Waals surface area contributed by atoms with Gasteiger partial charge in [-0.1, -0.05) is 79.1 Å². The Balaban J connectivity index is 3.77. The van der Waals surface area contributed by atoms with Crippen LogP contribution in [0.4, 0.5) is 0 Å². The maximum Gasteiger partial charge on any atom is 0.337 e. The summed E-state index contributed by atoms with van der Waals surface area (Å²) in [5.41, 5.74) is 0. The van der Waals surface area contributed by atoms with Gasteiger partial charge in [-0.15, -0.1) is 0 Å². The Hall–Kier alpha value is 0.137. The van der Waals surface area contributed by atoms with E-state index in [0.717, 1.165) is 25.3 Å². The lowest BCUT2D eigenvalue weighted by Crippen LogP contribution is -2.41. The summed E-state index contributed by atoms with van der Waals surface area (Å²) in [4.78, 5) is 0. The fourth-order valence-electron chi connectivity index (χ4n) is 2.63. The predicted molar refractivity (Wildman–Crippen MR) is 96.1 cm³/mol. The fraction of sp³-hybridized carbons (Fsp3) is 1.00. The van der Waals surface area contributed by atoms with Gasteiger partial charge in [0.25, 0.3) is 0 Å². The molecule has 0 amide bonds. The van der Waals surface area contributed by atoms with Crippen LogP contribution in [-0.4, -0.2) is 21.8 Å². The van der Waals surface area contributed by atoms with E-state index in [1.54, 1.807) is 0 Å². The summed E-state index contributed by atoms with van der Waals surface area (Å²) in [6, 6.07) is 2.18. The van der Waals surface area contributed by atoms with Crippen LogP contribution >= 0.6 is 0 Å². The molecule has 0 fully saturated rings. The Morgan fingerprint density at radius 2 is 0.905 bits per heavy atom. The topological polar surface area (TPSA) is 18.5 Å². The SMILES string of the molecule is CCCCCCCCO[Si](CC)(CC)OCCCCCC. The molecule has 0 radical (unpaired) electrons. The molecule has 0 aromatic heterocycles. The zero-order chi connectivity index (χ0) is 15.8. The van der Waals surface area contributed by atoms with Crippen molar-refractivity contribution in [3.05, 3.63) is 0 Å². The van der Waals surface area contributed by atoms with Gasteiger partial charge in [-0.25, -0.2) is 0 Å². The first-order chi connectivity index (χ1) is 10.2. The highest BCUT2D eigenvalue weighted by atomic mass is 28.4. The van der Waals surface area contributed by atoms with E-state index in [0.29, 0.717) is 0 Å². The molecule has 3 heteroatoms. The van der Waals surface area contributed by atoms with Crippen LogP contribution < -0.4 is 0 Å². The molecule has 0 aliphatic carbocycles. The first-order valence-corrected chi connectivity index (χ1v) is 11.8. The second-order valence-electron chi connectivity index (χ2n) is 6.14. The van der Waals surface area contributed by atoms with Gasteiger partial charge in [0.2, 0.25) is 0 Å². The van der Waals surface area contributed by atoms with Crippen molar-refractivity contribution in [3.8, 4) is 0 Å². The maximum atomic E-state index is 6.26. The van der Waals surface area contributed by atoms with Crippen LogP contribution in [0.2, 0.25) is 12.1 Å². The van der Waals surface area contributed by atoms with Crippen molar-refractivity contribution >= 4 is 8.56 Å². The molecule has 0 saturated heterocycles. The summed E-state index contributed by atoms with van der Waals surface area (Å²) >= 11 is 0. The smallest absolute Gasteiger partial charge is 0.337 e. The van der Waals surface area contributed by atoms with E-state index in [4.69, 9.17) is 8.85 Å². The highest BCUT2D eigenvalue weighted by Crippen LogP contribution is 2.20. The van der Waals surface area contributed by atoms with E-state index in [-0.39, 0.29) is 0 Å². The van der Waals surface area contributed by atoms with E-state index in [9.17, 15) is 0 Å². The molecule has 0 N–H and O–H groups in total. The lowest BCUT2D eigenvalue weighted by Gasteiger charge is -2.29. The molecule has 0 rings (SSSR count). The molecule has 0 atom stereocenters. The summed E-state index contributed by atoms with van der Waals surface area (Å²) in [5.74, 6) is 0. The van der Waals surface area contributed by atoms with Gasteiger partial charge in [-0.05, 0) is 24.9 Å². The molecule has 0 heterocycles. The average molecular weight is 317 g/mol. The quantitative estimate of drug-likeness (QED) is 0.241. The molecule has 21 heavy (non-hydrogen) atoms. The third-order valence-corrected chi connectivity index (χ3v) is 7.92. The predicted octanol–water partition coefficient (Wildman–Crippen LogP) is 6.44. The van der Waals surface area contributed by atoms with Crippen LogP contribution in [0.5, 0.6) is 0 Å². The number of unbranched alkanes of at least 4 members (excludes halogenated alkanes) is 8. The van der Waals surface area contributed by atoms with Gasteiger partial charge >= 0.3 is 8.56 Å². The van der Waals surface area contributed by atoms with Gasteiger partial charge in [-0.2, -0.15) is 0 Å². The molecular weight excluding hydrogens is 276 g/mol. The van der Waals surface area contributed by atoms with Crippen LogP contribution in [0.25, 0.3) is 0 Å². The average Bonchev–Trinajstić information content (AvgIpc) is 2.52. The van der Waals surface area contributed by atoms with Crippen molar-refractivity contribution in [1.82, 2.24) is 0 Å². The van der Waals surface area contributed by atoms with Gasteiger partial charge in [0.15, 0.2) is 0 Å². The molecular formula is C18H40O2Si. The van der Waals surface area contributed by atoms with Gasteiger partial charge in [0.1, 0.15) is 0 Å². The second kappa shape index (κ2) is 15.0. The molecule has 0 unspecified atom stereocenters. The minimum Gasteiger partial charge on any atom is -0.394 e. The van der Waals surface area contributed by atoms with Crippen LogP contribution in [0.15, 0.2) is 0 Å². The van der Waals surface area contributed by atoms with E-state index < -0.39 is 8.56 Å². The Labute approximate surface area is 135 Å². The third-order valence-electron chi connectivity index (χ3n) is 4.30. The van der Waals surface area contributed by atoms with Crippen LogP contribution in [0.3, 0.4) is 0 Å². The van der Waals surface area contributed by atoms with Crippen LogP contribution in [0, 0.1) is 0 Å². The first kappa shape index (κ1) is 21.1. The summed E-state index contributed by atoms with van der Waals surface area (Å²) in [5, 5.41) is 0. The summed E-state index contributed by atoms with van der Waals surface area (Å²) < 4.78 is 12.5. The molecule has 2 nitrogen and oxygen atoms in total. The highest BCUT2D eigenvalue weighted by molar-refractivity contribution is 6.67. The minimum atomic E-state index is -1.88. The number of hydrogen-bond acceptors (Lipinski definition) is 2. The van der Waals surface area contributed by atoms with Crippen molar-refractivity contribution < 1.29 is 8.85 Å². The zero-order valence-corrected chi connectivity index (χ0v) is 16.2. The normalized spacial score (nSPS) is 12.0. The third kappa shape index (κ3) is 11.4. The Morgan fingerprint density at radius 1 is 0.524 bits per heavy atom. The van der Waals surface area contributed by atoms with Crippen LogP contribution in [0.1, 0.15) is 91.9 Å². The van der Waals surface area contributed by atoms with Crippen molar-refractivity contribution in [2.75, 3.05) is 13.2 Å². The molecule has 0 aromatic carbocycles. The first-order valence-electron chi connectivity index (χ1n) is 9.52. The monoisotopic (exact) mass is 316 g/mol. The van der Waals surface area contributed by atoms with Gasteiger partial charge in [0.05, 0.1) is 0 Å². The Morgan fingerprint density at radius 3 is 1.33 bits per heavy atom. The summed E-state index contributed by atoms with van der Waals surface area (Å²) in [6.45, 7) is 10.8. The summed E-state index contributed by atoms with van der Waals surface area (Å²) in [6.07, 6.45) is 13.1. The van der Waals surface area contributed by atoms with E-state index in [1.807, 2.05) is 0 Å². The Kier molecular flexibility index (Phi) is 15.1. The van der Waals surface area contributed by atoms with E-state index in [2.05, 4.69) is 27.7 Å². The number of hydrogen-bond donors (Lipinski definition) is 0. The van der Waals surface area contributed by atoms with Crippen molar-refractivity contribution in [1.29, 1.82) is 0 Å². The fourth-order valence-corrected chi connectivity index (χ4v) is 5.06. The maximum absolute atomic E-state index is 6.26. The molecule has 0 spiro atoms. The van der Waals surface area contributed by atoms with Gasteiger partial charge in [-0.3, -0.25) is 0 Å². The zero-order valence-electron chi connectivity index (χ0n) is 15.2. The lowest BCUT2D eigenvalue weighted by atomic mass is 10.1. The summed E-state index contributed by atoms with van der Waals surface area (Å²) in [7, 11) is -1.88. The molecule has 0 aromatic rings. The van der Waals surface area contributed by atoms with E-state index in [1.165, 1.54) is 64.2 Å². The molecule has 0 aliphatic heterocycles. The molecule has 0 saturated carbocycles. The van der Waals surface area contributed by atoms with Crippen molar-refractivity contribution in [3.63, 3.8) is 0 Å². The molecule has 0 aliphatic rings. The van der Waals surface area contributed by atoms with E-state index >= 15 is 0 Å². The lowest BCUT2D eigenvalue weighted by molar-refractivity contribution is 0.163. The van der Waals surface area contributed by atoms with Crippen molar-refractivity contribution in [2.24, 2.45) is 0 Å². The standard InChI is InChI=1S/C18H40O2Si/c1-5-9-11-13-14-16-18-20-21(7-3,8-4)19-17-15-12-10-6-2/h5-18H2,1-4H3. The van der Waals surface area contributed by atoms with Gasteiger partial charge in [0, 0.05) is 13.2 Å². The molecule has 128 valence electrons. The van der Waals surface area contributed by atoms with Gasteiger partial charge < -0.3 is 8.85 Å². The molecule has 0 bridgehead atoms. The highest BCUT2D eigenvalue weighted by Gasteiger charge is 2.33. The minimum absolute atomic E-state index is 0.907. The Bertz CT molecular complexity index is 205. The largest absolute Gasteiger partial charge is 0.394 e. The second-order valence-corrected chi connectivity index (χ2v) is 9.96. The number of rotatable bonds is 16. The van der Waals surface area contributed by atoms with Crippen molar-refractivity contribution in [2.45, 2.75) is 104 Å².